The van der Waals surface area contributed by atoms with Gasteiger partial charge in [0.05, 0.1) is 4.99 Å². The van der Waals surface area contributed by atoms with Crippen molar-refractivity contribution in [1.82, 2.24) is 10.2 Å². The molecular formula is C10H19N3OS. The van der Waals surface area contributed by atoms with E-state index in [1.165, 1.54) is 0 Å². The van der Waals surface area contributed by atoms with E-state index in [0.717, 1.165) is 25.9 Å². The molecule has 3 N–H and O–H groups in total. The van der Waals surface area contributed by atoms with E-state index < -0.39 is 0 Å². The summed E-state index contributed by atoms with van der Waals surface area (Å²) < 4.78 is 0. The van der Waals surface area contributed by atoms with Crippen molar-refractivity contribution in [2.24, 2.45) is 5.73 Å². The van der Waals surface area contributed by atoms with Gasteiger partial charge in [0.15, 0.2) is 0 Å². The number of nitrogens with zero attached hydrogens (tertiary/aromatic N) is 1. The van der Waals surface area contributed by atoms with Crippen LogP contribution in [0.1, 0.15) is 26.7 Å². The average molecular weight is 229 g/mol. The molecular weight excluding hydrogens is 210 g/mol. The van der Waals surface area contributed by atoms with Crippen LogP contribution < -0.4 is 11.1 Å². The predicted molar refractivity (Wildman–Crippen MR) is 64.7 cm³/mol. The standard InChI is InChI=1S/C10H19N3OS/c1-7(5-10(11)15)13-4-3-9(6-13)12-8(2)14/h7,9H,3-6H2,1-2H3,(H2,11,15)(H,12,14). The van der Waals surface area contributed by atoms with E-state index in [9.17, 15) is 4.79 Å². The van der Waals surface area contributed by atoms with Gasteiger partial charge in [-0.25, -0.2) is 0 Å². The Balaban J connectivity index is 2.35. The zero-order chi connectivity index (χ0) is 11.4. The first-order chi connectivity index (χ1) is 6.99. The highest BCUT2D eigenvalue weighted by Crippen LogP contribution is 2.14. The smallest absolute Gasteiger partial charge is 0.217 e. The number of likely N-dealkylation sites (tertiary alicyclic amines) is 1. The molecule has 86 valence electrons. The first-order valence-electron chi connectivity index (χ1n) is 5.28. The molecule has 1 aliphatic rings. The largest absolute Gasteiger partial charge is 0.393 e. The lowest BCUT2D eigenvalue weighted by Gasteiger charge is -2.23. The van der Waals surface area contributed by atoms with Crippen molar-refractivity contribution < 1.29 is 4.79 Å². The van der Waals surface area contributed by atoms with E-state index in [4.69, 9.17) is 18.0 Å². The molecule has 0 saturated carbocycles. The van der Waals surface area contributed by atoms with E-state index in [2.05, 4.69) is 17.1 Å². The predicted octanol–water partition coefficient (Wildman–Crippen LogP) is 0.262. The normalized spacial score (nSPS) is 23.7. The third-order valence-electron chi connectivity index (χ3n) is 2.75. The number of rotatable bonds is 4. The van der Waals surface area contributed by atoms with E-state index in [0.29, 0.717) is 11.0 Å². The molecule has 1 aliphatic heterocycles. The number of nitrogens with two attached hydrogens (primary N) is 1. The van der Waals surface area contributed by atoms with Gasteiger partial charge in [0.1, 0.15) is 0 Å². The molecule has 2 atom stereocenters. The summed E-state index contributed by atoms with van der Waals surface area (Å²) in [6.07, 6.45) is 1.77. The van der Waals surface area contributed by atoms with Crippen LogP contribution in [0.15, 0.2) is 0 Å². The van der Waals surface area contributed by atoms with Gasteiger partial charge < -0.3 is 11.1 Å². The van der Waals surface area contributed by atoms with Crippen LogP contribution in [0.4, 0.5) is 0 Å². The summed E-state index contributed by atoms with van der Waals surface area (Å²) in [6.45, 7) is 5.59. The number of carbonyl (C=O) groups excluding carboxylic acids is 1. The number of carbonyl (C=O) groups is 1. The van der Waals surface area contributed by atoms with Crippen LogP contribution in [0.2, 0.25) is 0 Å². The lowest BCUT2D eigenvalue weighted by atomic mass is 10.2. The third-order valence-corrected chi connectivity index (χ3v) is 2.91. The van der Waals surface area contributed by atoms with Gasteiger partial charge in [-0.2, -0.15) is 0 Å². The second-order valence-corrected chi connectivity index (χ2v) is 4.72. The van der Waals surface area contributed by atoms with Gasteiger partial charge in [-0.3, -0.25) is 9.69 Å². The van der Waals surface area contributed by atoms with Crippen molar-refractivity contribution in [3.63, 3.8) is 0 Å². The maximum absolute atomic E-state index is 10.9. The molecule has 0 aromatic carbocycles. The zero-order valence-corrected chi connectivity index (χ0v) is 10.1. The van der Waals surface area contributed by atoms with Crippen LogP contribution in [0.3, 0.4) is 0 Å². The van der Waals surface area contributed by atoms with Crippen LogP contribution in [0.25, 0.3) is 0 Å². The lowest BCUT2D eigenvalue weighted by molar-refractivity contribution is -0.119. The van der Waals surface area contributed by atoms with Crippen molar-refractivity contribution in [2.75, 3.05) is 13.1 Å². The number of nitrogens with one attached hydrogen (secondary N) is 1. The Labute approximate surface area is 96.2 Å². The molecule has 0 spiro atoms. The molecule has 1 amide bonds. The van der Waals surface area contributed by atoms with Crippen LogP contribution in [0.5, 0.6) is 0 Å². The minimum atomic E-state index is 0.0452. The number of hydrogen-bond donors (Lipinski definition) is 2. The van der Waals surface area contributed by atoms with Crippen molar-refractivity contribution in [3.05, 3.63) is 0 Å². The van der Waals surface area contributed by atoms with E-state index in [1.807, 2.05) is 0 Å². The summed E-state index contributed by atoms with van der Waals surface area (Å²) in [6, 6.07) is 0.664. The summed E-state index contributed by atoms with van der Waals surface area (Å²) >= 11 is 4.89. The zero-order valence-electron chi connectivity index (χ0n) is 9.32. The van der Waals surface area contributed by atoms with Gasteiger partial charge in [-0.1, -0.05) is 12.2 Å². The second kappa shape index (κ2) is 5.42. The highest BCUT2D eigenvalue weighted by Gasteiger charge is 2.26. The van der Waals surface area contributed by atoms with Crippen LogP contribution in [-0.2, 0) is 4.79 Å². The molecule has 5 heteroatoms. The molecule has 0 aromatic rings. The van der Waals surface area contributed by atoms with Gasteiger partial charge in [-0.15, -0.1) is 0 Å². The fourth-order valence-electron chi connectivity index (χ4n) is 2.01. The quantitative estimate of drug-likeness (QED) is 0.679. The average Bonchev–Trinajstić information content (AvgIpc) is 2.50. The lowest BCUT2D eigenvalue weighted by Crippen LogP contribution is -2.39. The fraction of sp³-hybridized carbons (Fsp3) is 0.800. The Morgan fingerprint density at radius 2 is 2.40 bits per heavy atom. The van der Waals surface area contributed by atoms with E-state index in [1.54, 1.807) is 6.92 Å². The number of hydrogen-bond acceptors (Lipinski definition) is 3. The Morgan fingerprint density at radius 1 is 1.73 bits per heavy atom. The summed E-state index contributed by atoms with van der Waals surface area (Å²) in [5, 5.41) is 2.94. The molecule has 0 radical (unpaired) electrons. The molecule has 1 fully saturated rings. The molecule has 4 nitrogen and oxygen atoms in total. The molecule has 1 saturated heterocycles. The number of thiocarbonyl (C=S) groups is 1. The molecule has 0 bridgehead atoms. The van der Waals surface area contributed by atoms with Gasteiger partial charge in [-0.05, 0) is 13.3 Å². The summed E-state index contributed by atoms with van der Waals surface area (Å²) in [7, 11) is 0. The highest BCUT2D eigenvalue weighted by atomic mass is 32.1. The first kappa shape index (κ1) is 12.4. The van der Waals surface area contributed by atoms with Crippen molar-refractivity contribution >= 4 is 23.1 Å². The minimum absolute atomic E-state index is 0.0452. The van der Waals surface area contributed by atoms with Crippen molar-refractivity contribution in [1.29, 1.82) is 0 Å². The molecule has 2 unspecified atom stereocenters. The van der Waals surface area contributed by atoms with Gasteiger partial charge >= 0.3 is 0 Å². The summed E-state index contributed by atoms with van der Waals surface area (Å²) in [5.41, 5.74) is 5.51. The topological polar surface area (TPSA) is 58.4 Å². The monoisotopic (exact) mass is 229 g/mol. The van der Waals surface area contributed by atoms with Crippen LogP contribution >= 0.6 is 12.2 Å². The fourth-order valence-corrected chi connectivity index (χ4v) is 2.25. The van der Waals surface area contributed by atoms with Gasteiger partial charge in [0.2, 0.25) is 5.91 Å². The van der Waals surface area contributed by atoms with Crippen LogP contribution in [-0.4, -0.2) is 41.0 Å². The maximum Gasteiger partial charge on any atom is 0.217 e. The molecule has 0 aromatic heterocycles. The van der Waals surface area contributed by atoms with Crippen molar-refractivity contribution in [2.45, 2.75) is 38.8 Å². The Hall–Kier alpha value is -0.680. The molecule has 1 heterocycles. The van der Waals surface area contributed by atoms with Gasteiger partial charge in [0.25, 0.3) is 0 Å². The highest BCUT2D eigenvalue weighted by molar-refractivity contribution is 7.80. The third kappa shape index (κ3) is 4.13. The number of amides is 1. The SMILES string of the molecule is CC(=O)NC1CCN(C(C)CC(N)=S)C1. The first-order valence-corrected chi connectivity index (χ1v) is 5.69. The van der Waals surface area contributed by atoms with E-state index in [-0.39, 0.29) is 11.9 Å². The molecule has 15 heavy (non-hydrogen) atoms. The minimum Gasteiger partial charge on any atom is -0.393 e. The summed E-state index contributed by atoms with van der Waals surface area (Å²) in [5.74, 6) is 0.0452. The summed E-state index contributed by atoms with van der Waals surface area (Å²) in [4.78, 5) is 13.8. The van der Waals surface area contributed by atoms with Crippen molar-refractivity contribution in [3.8, 4) is 0 Å². The van der Waals surface area contributed by atoms with Gasteiger partial charge in [0, 0.05) is 38.5 Å². The molecule has 0 aliphatic carbocycles. The molecule has 1 rings (SSSR count). The maximum atomic E-state index is 10.9. The Kier molecular flexibility index (Phi) is 4.47. The Morgan fingerprint density at radius 3 is 2.93 bits per heavy atom. The second-order valence-electron chi connectivity index (χ2n) is 4.20. The van der Waals surface area contributed by atoms with E-state index >= 15 is 0 Å². The Bertz CT molecular complexity index is 257. The van der Waals surface area contributed by atoms with Crippen LogP contribution in [0, 0.1) is 0 Å².